The molecular formula is C20H29N3O2. The van der Waals surface area contributed by atoms with Crippen molar-refractivity contribution in [2.75, 3.05) is 32.7 Å². The van der Waals surface area contributed by atoms with Crippen LogP contribution in [0.3, 0.4) is 0 Å². The van der Waals surface area contributed by atoms with Crippen LogP contribution in [-0.2, 0) is 16.1 Å². The van der Waals surface area contributed by atoms with Crippen LogP contribution in [0.2, 0.25) is 0 Å². The van der Waals surface area contributed by atoms with Gasteiger partial charge in [0.2, 0.25) is 11.8 Å². The van der Waals surface area contributed by atoms with Gasteiger partial charge in [0.15, 0.2) is 0 Å². The van der Waals surface area contributed by atoms with Gasteiger partial charge >= 0.3 is 0 Å². The number of nitrogens with zero attached hydrogens (tertiary/aromatic N) is 3. The summed E-state index contributed by atoms with van der Waals surface area (Å²) in [5, 5.41) is 0. The van der Waals surface area contributed by atoms with Crippen LogP contribution in [0, 0.1) is 0 Å². The topological polar surface area (TPSA) is 43.9 Å². The normalized spacial score (nSPS) is 22.3. The Morgan fingerprint density at radius 3 is 2.52 bits per heavy atom. The van der Waals surface area contributed by atoms with E-state index in [1.807, 2.05) is 28.0 Å². The summed E-state index contributed by atoms with van der Waals surface area (Å²) in [5.41, 5.74) is 1.14. The van der Waals surface area contributed by atoms with Gasteiger partial charge in [-0.3, -0.25) is 14.5 Å². The molecule has 1 aromatic carbocycles. The Morgan fingerprint density at radius 1 is 1.12 bits per heavy atom. The number of rotatable bonds is 5. The van der Waals surface area contributed by atoms with Crippen LogP contribution in [0.25, 0.3) is 0 Å². The maximum atomic E-state index is 12.7. The zero-order valence-electron chi connectivity index (χ0n) is 15.2. The first-order valence-corrected chi connectivity index (χ1v) is 9.51. The lowest BCUT2D eigenvalue weighted by Gasteiger charge is -2.32. The van der Waals surface area contributed by atoms with Gasteiger partial charge in [0.25, 0.3) is 0 Å². The maximum absolute atomic E-state index is 12.7. The molecule has 5 heteroatoms. The Balaban J connectivity index is 1.66. The molecule has 3 rings (SSSR count). The second-order valence-corrected chi connectivity index (χ2v) is 7.14. The second kappa shape index (κ2) is 8.48. The van der Waals surface area contributed by atoms with Gasteiger partial charge in [-0.25, -0.2) is 0 Å². The molecule has 1 aromatic rings. The lowest BCUT2D eigenvalue weighted by atomic mass is 10.1. The zero-order valence-corrected chi connectivity index (χ0v) is 15.2. The van der Waals surface area contributed by atoms with Gasteiger partial charge in [-0.15, -0.1) is 0 Å². The number of benzene rings is 1. The minimum Gasteiger partial charge on any atom is -0.339 e. The molecule has 136 valence electrons. The van der Waals surface area contributed by atoms with Crippen molar-refractivity contribution in [3.8, 4) is 0 Å². The molecule has 1 atom stereocenters. The fraction of sp³-hybridized carbons (Fsp3) is 0.600. The average molecular weight is 343 g/mol. The van der Waals surface area contributed by atoms with Crippen LogP contribution in [0.1, 0.15) is 38.2 Å². The van der Waals surface area contributed by atoms with Gasteiger partial charge in [-0.2, -0.15) is 0 Å². The van der Waals surface area contributed by atoms with Gasteiger partial charge in [0.1, 0.15) is 0 Å². The van der Waals surface area contributed by atoms with Crippen molar-refractivity contribution in [3.63, 3.8) is 0 Å². The van der Waals surface area contributed by atoms with Crippen LogP contribution in [0.5, 0.6) is 0 Å². The Labute approximate surface area is 150 Å². The predicted molar refractivity (Wildman–Crippen MR) is 97.9 cm³/mol. The van der Waals surface area contributed by atoms with E-state index < -0.39 is 0 Å². The SMILES string of the molecule is CCC1CN(C(=O)CN2CCCC2)CCC(=O)N1Cc1ccccc1. The van der Waals surface area contributed by atoms with E-state index in [-0.39, 0.29) is 17.9 Å². The Bertz CT molecular complexity index is 584. The third-order valence-electron chi connectivity index (χ3n) is 5.37. The van der Waals surface area contributed by atoms with E-state index in [1.165, 1.54) is 12.8 Å². The third kappa shape index (κ3) is 4.60. The molecule has 0 radical (unpaired) electrons. The van der Waals surface area contributed by atoms with Crippen molar-refractivity contribution < 1.29 is 9.59 Å². The summed E-state index contributed by atoms with van der Waals surface area (Å²) in [6.45, 7) is 6.49. The molecule has 25 heavy (non-hydrogen) atoms. The van der Waals surface area contributed by atoms with E-state index in [0.29, 0.717) is 32.6 Å². The molecule has 2 aliphatic heterocycles. The standard InChI is InChI=1S/C20H29N3O2/c1-2-18-15-22(20(25)16-21-11-6-7-12-21)13-10-19(24)23(18)14-17-8-4-3-5-9-17/h3-5,8-9,18H,2,6-7,10-16H2,1H3. The van der Waals surface area contributed by atoms with E-state index in [1.54, 1.807) is 0 Å². The summed E-state index contributed by atoms with van der Waals surface area (Å²) in [7, 11) is 0. The Kier molecular flexibility index (Phi) is 6.08. The molecule has 5 nitrogen and oxygen atoms in total. The molecule has 0 N–H and O–H groups in total. The van der Waals surface area contributed by atoms with Crippen molar-refractivity contribution in [2.45, 2.75) is 45.2 Å². The highest BCUT2D eigenvalue weighted by molar-refractivity contribution is 5.81. The molecule has 2 aliphatic rings. The van der Waals surface area contributed by atoms with Crippen molar-refractivity contribution in [2.24, 2.45) is 0 Å². The number of hydrogen-bond acceptors (Lipinski definition) is 3. The van der Waals surface area contributed by atoms with Crippen LogP contribution in [0.4, 0.5) is 0 Å². The quantitative estimate of drug-likeness (QED) is 0.823. The number of carbonyl (C=O) groups excluding carboxylic acids is 2. The molecule has 0 aliphatic carbocycles. The Morgan fingerprint density at radius 2 is 1.84 bits per heavy atom. The van der Waals surface area contributed by atoms with Gasteiger partial charge in [-0.05, 0) is 37.9 Å². The number of amides is 2. The molecule has 2 saturated heterocycles. The fourth-order valence-electron chi connectivity index (χ4n) is 3.83. The molecule has 0 bridgehead atoms. The molecule has 0 aromatic heterocycles. The van der Waals surface area contributed by atoms with Crippen LogP contribution in [0.15, 0.2) is 30.3 Å². The van der Waals surface area contributed by atoms with E-state index in [9.17, 15) is 9.59 Å². The second-order valence-electron chi connectivity index (χ2n) is 7.14. The summed E-state index contributed by atoms with van der Waals surface area (Å²) < 4.78 is 0. The number of hydrogen-bond donors (Lipinski definition) is 0. The lowest BCUT2D eigenvalue weighted by molar-refractivity contribution is -0.133. The minimum absolute atomic E-state index is 0.0951. The largest absolute Gasteiger partial charge is 0.339 e. The summed E-state index contributed by atoms with van der Waals surface area (Å²) in [6.07, 6.45) is 3.67. The fourth-order valence-corrected chi connectivity index (χ4v) is 3.83. The highest BCUT2D eigenvalue weighted by atomic mass is 16.2. The van der Waals surface area contributed by atoms with Crippen LogP contribution >= 0.6 is 0 Å². The van der Waals surface area contributed by atoms with Crippen LogP contribution < -0.4 is 0 Å². The first-order valence-electron chi connectivity index (χ1n) is 9.51. The average Bonchev–Trinajstić information content (AvgIpc) is 3.08. The first-order chi connectivity index (χ1) is 12.2. The number of carbonyl (C=O) groups is 2. The highest BCUT2D eigenvalue weighted by Crippen LogP contribution is 2.18. The molecule has 1 unspecified atom stereocenters. The third-order valence-corrected chi connectivity index (χ3v) is 5.37. The smallest absolute Gasteiger partial charge is 0.236 e. The zero-order chi connectivity index (χ0) is 17.6. The number of likely N-dealkylation sites (tertiary alicyclic amines) is 1. The molecule has 0 spiro atoms. The molecule has 2 fully saturated rings. The highest BCUT2D eigenvalue weighted by Gasteiger charge is 2.31. The van der Waals surface area contributed by atoms with E-state index in [4.69, 9.17) is 0 Å². The summed E-state index contributed by atoms with van der Waals surface area (Å²) in [5.74, 6) is 0.335. The Hall–Kier alpha value is -1.88. The first kappa shape index (κ1) is 17.9. The lowest BCUT2D eigenvalue weighted by Crippen LogP contribution is -2.46. The summed E-state index contributed by atoms with van der Waals surface area (Å²) in [6, 6.07) is 10.2. The van der Waals surface area contributed by atoms with Gasteiger partial charge in [0.05, 0.1) is 6.54 Å². The van der Waals surface area contributed by atoms with E-state index >= 15 is 0 Å². The summed E-state index contributed by atoms with van der Waals surface area (Å²) in [4.78, 5) is 31.5. The molecule has 2 amide bonds. The molecular weight excluding hydrogens is 314 g/mol. The molecule has 2 heterocycles. The van der Waals surface area contributed by atoms with E-state index in [2.05, 4.69) is 24.0 Å². The summed E-state index contributed by atoms with van der Waals surface area (Å²) >= 11 is 0. The minimum atomic E-state index is 0.0951. The van der Waals surface area contributed by atoms with Gasteiger partial charge in [-0.1, -0.05) is 37.3 Å². The van der Waals surface area contributed by atoms with Crippen LogP contribution in [-0.4, -0.2) is 65.3 Å². The van der Waals surface area contributed by atoms with Crippen molar-refractivity contribution in [1.82, 2.24) is 14.7 Å². The van der Waals surface area contributed by atoms with Gasteiger partial charge < -0.3 is 9.80 Å². The molecule has 0 saturated carbocycles. The van der Waals surface area contributed by atoms with Gasteiger partial charge in [0, 0.05) is 32.1 Å². The van der Waals surface area contributed by atoms with Crippen molar-refractivity contribution in [1.29, 1.82) is 0 Å². The van der Waals surface area contributed by atoms with Crippen molar-refractivity contribution in [3.05, 3.63) is 35.9 Å². The maximum Gasteiger partial charge on any atom is 0.236 e. The monoisotopic (exact) mass is 343 g/mol. The van der Waals surface area contributed by atoms with E-state index in [0.717, 1.165) is 25.1 Å². The van der Waals surface area contributed by atoms with Crippen molar-refractivity contribution >= 4 is 11.8 Å². The predicted octanol–water partition coefficient (Wildman–Crippen LogP) is 2.12.